The summed E-state index contributed by atoms with van der Waals surface area (Å²) in [5.74, 6) is 2.51. The average Bonchev–Trinajstić information content (AvgIpc) is 3.04. The van der Waals surface area contributed by atoms with Crippen molar-refractivity contribution in [3.05, 3.63) is 34.4 Å². The molecule has 0 amide bonds. The molecule has 4 aliphatic carbocycles. The lowest BCUT2D eigenvalue weighted by atomic mass is 9.53. The van der Waals surface area contributed by atoms with Crippen LogP contribution in [-0.2, 0) is 0 Å². The fraction of sp³-hybridized carbons (Fsp3) is 0.778. The fourth-order valence-electron chi connectivity index (χ4n) is 7.79. The normalized spacial score (nSPS) is 39.2. The van der Waals surface area contributed by atoms with Crippen LogP contribution in [0.4, 0.5) is 0 Å². The molecule has 0 spiro atoms. The van der Waals surface area contributed by atoms with Gasteiger partial charge in [-0.3, -0.25) is 0 Å². The second-order valence-electron chi connectivity index (χ2n) is 11.0. The lowest BCUT2D eigenvalue weighted by Gasteiger charge is -2.51. The van der Waals surface area contributed by atoms with E-state index < -0.39 is 0 Å². The maximum absolute atomic E-state index is 9.24. The van der Waals surface area contributed by atoms with Gasteiger partial charge in [0.15, 0.2) is 0 Å². The molecule has 28 heavy (non-hydrogen) atoms. The van der Waals surface area contributed by atoms with Gasteiger partial charge in [0.05, 0.1) is 6.61 Å². The summed E-state index contributed by atoms with van der Waals surface area (Å²) >= 11 is 0. The van der Waals surface area contributed by atoms with Crippen LogP contribution in [-0.4, -0.2) is 11.7 Å². The molecule has 1 nitrogen and oxygen atoms in total. The second kappa shape index (κ2) is 7.78. The van der Waals surface area contributed by atoms with Crippen molar-refractivity contribution in [2.45, 2.75) is 98.3 Å². The summed E-state index contributed by atoms with van der Waals surface area (Å²) in [5.41, 5.74) is 7.62. The number of fused-ring (bicyclic) bond motifs is 4. The zero-order valence-corrected chi connectivity index (χ0v) is 18.8. The quantitative estimate of drug-likeness (QED) is 0.492. The summed E-state index contributed by atoms with van der Waals surface area (Å²) in [6.45, 7) is 9.99. The largest absolute Gasteiger partial charge is 0.392 e. The molecule has 0 bridgehead atoms. The van der Waals surface area contributed by atoms with Crippen molar-refractivity contribution in [2.24, 2.45) is 28.6 Å². The van der Waals surface area contributed by atoms with Crippen molar-refractivity contribution >= 4 is 0 Å². The van der Waals surface area contributed by atoms with Crippen LogP contribution in [0.3, 0.4) is 0 Å². The van der Waals surface area contributed by atoms with E-state index in [2.05, 4.69) is 32.9 Å². The standard InChI is InChI=1S/C27H42O/c1-19(18-28)8-7-9-20(2)23-13-14-24-22-12-11-21-10-5-6-16-26(21,3)25(22)15-17-27(23,24)4/h8,11,20,23-24,28H,5-7,9-10,12-18H2,1-4H3/t20-,23-,24+,26+,27-/m1/s1. The maximum atomic E-state index is 9.24. The highest BCUT2D eigenvalue weighted by Gasteiger charge is 2.54. The molecule has 0 aromatic heterocycles. The molecule has 0 aromatic rings. The van der Waals surface area contributed by atoms with Crippen molar-refractivity contribution in [1.29, 1.82) is 0 Å². The minimum absolute atomic E-state index is 0.211. The number of allylic oxidation sites excluding steroid dienone is 5. The zero-order chi connectivity index (χ0) is 19.9. The molecule has 4 rings (SSSR count). The Labute approximate surface area is 173 Å². The minimum atomic E-state index is 0.211. The van der Waals surface area contributed by atoms with E-state index in [4.69, 9.17) is 0 Å². The molecular formula is C27H42O. The lowest BCUT2D eigenvalue weighted by molar-refractivity contribution is 0.0972. The molecule has 5 atom stereocenters. The molecule has 1 N–H and O–H groups in total. The van der Waals surface area contributed by atoms with E-state index in [9.17, 15) is 5.11 Å². The molecule has 0 unspecified atom stereocenters. The Hall–Kier alpha value is -0.820. The number of rotatable bonds is 5. The molecule has 2 fully saturated rings. The third kappa shape index (κ3) is 3.26. The molecule has 0 radical (unpaired) electrons. The van der Waals surface area contributed by atoms with Gasteiger partial charge in [0, 0.05) is 5.41 Å². The van der Waals surface area contributed by atoms with E-state index in [1.807, 2.05) is 18.1 Å². The Kier molecular flexibility index (Phi) is 5.69. The molecule has 0 aliphatic heterocycles. The van der Waals surface area contributed by atoms with Crippen molar-refractivity contribution in [3.8, 4) is 0 Å². The zero-order valence-electron chi connectivity index (χ0n) is 18.8. The Morgan fingerprint density at radius 2 is 2.04 bits per heavy atom. The molecule has 156 valence electrons. The summed E-state index contributed by atoms with van der Waals surface area (Å²) in [5, 5.41) is 9.24. The minimum Gasteiger partial charge on any atom is -0.392 e. The van der Waals surface area contributed by atoms with Gasteiger partial charge < -0.3 is 5.11 Å². The first-order chi connectivity index (χ1) is 13.4. The highest BCUT2D eigenvalue weighted by molar-refractivity contribution is 5.43. The average molecular weight is 383 g/mol. The Balaban J connectivity index is 1.52. The highest BCUT2D eigenvalue weighted by Crippen LogP contribution is 2.64. The number of aliphatic hydroxyl groups excluding tert-OH is 1. The van der Waals surface area contributed by atoms with Crippen LogP contribution >= 0.6 is 0 Å². The Bertz CT molecular complexity index is 695. The van der Waals surface area contributed by atoms with Gasteiger partial charge in [0.1, 0.15) is 0 Å². The molecule has 4 aliphatic rings. The van der Waals surface area contributed by atoms with Crippen molar-refractivity contribution < 1.29 is 5.11 Å². The third-order valence-electron chi connectivity index (χ3n) is 9.50. The van der Waals surface area contributed by atoms with Crippen LogP contribution in [0.15, 0.2) is 34.4 Å². The van der Waals surface area contributed by atoms with Gasteiger partial charge in [-0.2, -0.15) is 0 Å². The first-order valence-corrected chi connectivity index (χ1v) is 12.1. The van der Waals surface area contributed by atoms with Crippen LogP contribution in [0.5, 0.6) is 0 Å². The summed E-state index contributed by atoms with van der Waals surface area (Å²) in [6.07, 6.45) is 19.8. The lowest BCUT2D eigenvalue weighted by Crippen LogP contribution is -2.40. The molecule has 2 saturated carbocycles. The van der Waals surface area contributed by atoms with E-state index in [-0.39, 0.29) is 6.61 Å². The second-order valence-corrected chi connectivity index (χ2v) is 11.0. The van der Waals surface area contributed by atoms with Gasteiger partial charge in [0.25, 0.3) is 0 Å². The van der Waals surface area contributed by atoms with E-state index in [0.29, 0.717) is 10.8 Å². The van der Waals surface area contributed by atoms with Crippen molar-refractivity contribution in [3.63, 3.8) is 0 Å². The molecule has 0 aromatic carbocycles. The number of hydrogen-bond donors (Lipinski definition) is 1. The van der Waals surface area contributed by atoms with E-state index in [0.717, 1.165) is 29.7 Å². The summed E-state index contributed by atoms with van der Waals surface area (Å²) < 4.78 is 0. The maximum Gasteiger partial charge on any atom is 0.0639 e. The first kappa shape index (κ1) is 20.5. The van der Waals surface area contributed by atoms with E-state index in [1.165, 1.54) is 64.2 Å². The van der Waals surface area contributed by atoms with Crippen LogP contribution in [0.25, 0.3) is 0 Å². The highest BCUT2D eigenvalue weighted by atomic mass is 16.3. The molecular weight excluding hydrogens is 340 g/mol. The van der Waals surface area contributed by atoms with Crippen LogP contribution < -0.4 is 0 Å². The molecule has 0 saturated heterocycles. The fourth-order valence-corrected chi connectivity index (χ4v) is 7.79. The van der Waals surface area contributed by atoms with Gasteiger partial charge >= 0.3 is 0 Å². The SMILES string of the molecule is CC(=CCC[C@@H](C)[C@H]1CC[C@H]2C3=C(CC[C@]12C)[C@@]1(C)CCCCC1=CC3)CO. The van der Waals surface area contributed by atoms with Crippen molar-refractivity contribution in [1.82, 2.24) is 0 Å². The number of aliphatic hydroxyl groups is 1. The van der Waals surface area contributed by atoms with Gasteiger partial charge in [0.2, 0.25) is 0 Å². The predicted molar refractivity (Wildman–Crippen MR) is 119 cm³/mol. The Morgan fingerprint density at radius 3 is 2.82 bits per heavy atom. The first-order valence-electron chi connectivity index (χ1n) is 12.1. The van der Waals surface area contributed by atoms with Crippen LogP contribution in [0.2, 0.25) is 0 Å². The smallest absolute Gasteiger partial charge is 0.0639 e. The van der Waals surface area contributed by atoms with Crippen LogP contribution in [0, 0.1) is 28.6 Å². The number of hydrogen-bond acceptors (Lipinski definition) is 1. The van der Waals surface area contributed by atoms with Gasteiger partial charge in [-0.1, -0.05) is 61.6 Å². The molecule has 1 heteroatoms. The topological polar surface area (TPSA) is 20.2 Å². The van der Waals surface area contributed by atoms with Gasteiger partial charge in [-0.05, 0) is 94.3 Å². The summed E-state index contributed by atoms with van der Waals surface area (Å²) in [7, 11) is 0. The summed E-state index contributed by atoms with van der Waals surface area (Å²) in [4.78, 5) is 0. The predicted octanol–water partition coefficient (Wildman–Crippen LogP) is 7.37. The van der Waals surface area contributed by atoms with Crippen molar-refractivity contribution in [2.75, 3.05) is 6.61 Å². The van der Waals surface area contributed by atoms with Crippen LogP contribution in [0.1, 0.15) is 98.3 Å². The molecule has 0 heterocycles. The third-order valence-corrected chi connectivity index (χ3v) is 9.50. The van der Waals surface area contributed by atoms with Gasteiger partial charge in [-0.25, -0.2) is 0 Å². The monoisotopic (exact) mass is 382 g/mol. The summed E-state index contributed by atoms with van der Waals surface area (Å²) in [6, 6.07) is 0. The van der Waals surface area contributed by atoms with E-state index >= 15 is 0 Å². The van der Waals surface area contributed by atoms with Gasteiger partial charge in [-0.15, -0.1) is 0 Å². The Morgan fingerprint density at radius 1 is 1.21 bits per heavy atom. The van der Waals surface area contributed by atoms with E-state index in [1.54, 1.807) is 5.57 Å².